The first kappa shape index (κ1) is 52.8. The minimum absolute atomic E-state index is 0.246. The largest absolute Gasteiger partial charge is 0.881 e. The normalized spacial score (nSPS) is 10.2. The summed E-state index contributed by atoms with van der Waals surface area (Å²) in [6.07, 6.45) is 5.32. The topological polar surface area (TPSA) is 131 Å². The third-order valence-corrected chi connectivity index (χ3v) is 12.9. The zero-order chi connectivity index (χ0) is 51.5. The number of para-hydroxylation sites is 5. The fourth-order valence-electron chi connectivity index (χ4n) is 7.61. The molecule has 0 amide bonds. The number of hydrogen-bond acceptors (Lipinski definition) is 11. The molecular formula is C59H47Al4N5O6. The first-order valence-corrected chi connectivity index (χ1v) is 26.0. The molecule has 5 heterocycles. The number of pyridine rings is 5. The number of fused-ring (bicyclic) bond motifs is 5. The standard InChI is InChI=1S/C12H10O.2C10H9NO.3C9H7NO.4Al.3H/c13-12-8-6-11(7-9-12)10-4-2-1-3-5-10;2*1-7-5-6-8-3-2-4-9(12)10(8)11-7;3*11-8-5-1-3-7-4-2-6-10-9(7)8;;;;;;;/h1-9,13H;2*2-6,12H,1H3;3*1-6,11H;;;;;;;/q;;;;;;3*+1;+2;;;/p-5. The Kier molecular flexibility index (Phi) is 19.3. The maximum atomic E-state index is 9.43. The van der Waals surface area contributed by atoms with Gasteiger partial charge in [-0.25, -0.2) is 9.97 Å². The third kappa shape index (κ3) is 14.2. The number of phenolic OH excluding ortho intramolecular Hbond substituents is 1. The number of rotatable bonds is 8. The predicted octanol–water partition coefficient (Wildman–Crippen LogP) is 11.7. The lowest BCUT2D eigenvalue weighted by Gasteiger charge is -2.11. The molecule has 0 aliphatic carbocycles. The van der Waals surface area contributed by atoms with Gasteiger partial charge < -0.3 is 24.0 Å². The maximum Gasteiger partial charge on any atom is 0.881 e. The van der Waals surface area contributed by atoms with E-state index in [0.29, 0.717) is 5.52 Å². The summed E-state index contributed by atoms with van der Waals surface area (Å²) in [7, 11) is 0. The second-order valence-electron chi connectivity index (χ2n) is 16.2. The van der Waals surface area contributed by atoms with Crippen molar-refractivity contribution in [1.82, 2.24) is 24.9 Å². The fourth-order valence-corrected chi connectivity index (χ4v) is 8.92. The van der Waals surface area contributed by atoms with Gasteiger partial charge in [0.05, 0.1) is 5.75 Å². The van der Waals surface area contributed by atoms with E-state index in [0.717, 1.165) is 89.1 Å². The van der Waals surface area contributed by atoms with Crippen molar-refractivity contribution < 1.29 is 24.0 Å². The van der Waals surface area contributed by atoms with Crippen LogP contribution in [0.3, 0.4) is 0 Å². The summed E-state index contributed by atoms with van der Waals surface area (Å²) in [5, 5.41) is 14.8. The van der Waals surface area contributed by atoms with Crippen LogP contribution in [0.25, 0.3) is 65.6 Å². The molecular weight excluding hydrogens is 983 g/mol. The van der Waals surface area contributed by atoms with E-state index in [4.69, 9.17) is 18.9 Å². The van der Waals surface area contributed by atoms with E-state index < -0.39 is 15.9 Å². The van der Waals surface area contributed by atoms with Crippen molar-refractivity contribution in [3.8, 4) is 45.6 Å². The zero-order valence-electron chi connectivity index (χ0n) is 40.8. The van der Waals surface area contributed by atoms with Crippen LogP contribution in [-0.4, -0.2) is 95.8 Å². The molecule has 0 saturated heterocycles. The van der Waals surface area contributed by atoms with Crippen LogP contribution in [0.5, 0.6) is 34.5 Å². The van der Waals surface area contributed by atoms with Crippen molar-refractivity contribution in [3.63, 3.8) is 0 Å². The van der Waals surface area contributed by atoms with Crippen molar-refractivity contribution in [2.45, 2.75) is 13.8 Å². The fraction of sp³-hybridized carbons (Fsp3) is 0.0339. The molecule has 0 bridgehead atoms. The number of aryl methyl sites for hydroxylation is 2. The molecule has 11 nitrogen and oxygen atoms in total. The van der Waals surface area contributed by atoms with Crippen molar-refractivity contribution in [3.05, 3.63) is 236 Å². The Bertz CT molecular complexity index is 3540. The second-order valence-corrected chi connectivity index (χ2v) is 17.8. The lowest BCUT2D eigenvalue weighted by Crippen LogP contribution is -2.11. The van der Waals surface area contributed by atoms with Crippen molar-refractivity contribution in [1.29, 1.82) is 0 Å². The minimum Gasteiger partial charge on any atom is -0.649 e. The average molecular weight is 1030 g/mol. The van der Waals surface area contributed by atoms with Crippen molar-refractivity contribution in [2.75, 3.05) is 0 Å². The van der Waals surface area contributed by atoms with Crippen LogP contribution in [0.4, 0.5) is 0 Å². The molecule has 15 heteroatoms. The zero-order valence-corrected chi connectivity index (χ0v) is 46.2. The molecule has 1 N–H and O–H groups in total. The molecule has 0 atom stereocenters. The molecule has 0 fully saturated rings. The quantitative estimate of drug-likeness (QED) is 0.146. The Morgan fingerprint density at radius 3 is 1.22 bits per heavy atom. The highest BCUT2D eigenvalue weighted by molar-refractivity contribution is 6.21. The summed E-state index contributed by atoms with van der Waals surface area (Å²) in [5.74, 6) is 4.34. The lowest BCUT2D eigenvalue weighted by atomic mass is 10.1. The van der Waals surface area contributed by atoms with Crippen molar-refractivity contribution >= 4 is 120 Å². The van der Waals surface area contributed by atoms with Gasteiger partial charge in [-0.15, -0.1) is 0 Å². The predicted molar refractivity (Wildman–Crippen MR) is 302 cm³/mol. The van der Waals surface area contributed by atoms with Gasteiger partial charge in [-0.05, 0) is 97.8 Å². The van der Waals surface area contributed by atoms with E-state index in [9.17, 15) is 5.11 Å². The molecule has 0 saturated carbocycles. The molecule has 0 unspecified atom stereocenters. The summed E-state index contributed by atoms with van der Waals surface area (Å²) in [4.78, 5) is 21.5. The monoisotopic (exact) mass is 1030 g/mol. The first-order valence-electron chi connectivity index (χ1n) is 23.3. The van der Waals surface area contributed by atoms with Gasteiger partial charge in [0.1, 0.15) is 56.3 Å². The van der Waals surface area contributed by atoms with Crippen molar-refractivity contribution in [2.24, 2.45) is 0 Å². The van der Waals surface area contributed by atoms with Gasteiger partial charge >= 0.3 is 65.8 Å². The molecule has 356 valence electrons. The average Bonchev–Trinajstić information content (AvgIpc) is 3.46. The highest BCUT2D eigenvalue weighted by atomic mass is 27.2. The van der Waals surface area contributed by atoms with E-state index in [1.54, 1.807) is 24.7 Å². The van der Waals surface area contributed by atoms with Crippen LogP contribution in [0.15, 0.2) is 225 Å². The SMILES string of the molecule is Cc1ccc2cccc(O)c2n1.Cc1ccc2cccc([O][Al][O]c3ccc(-c4ccccc4)cc3)c2n1.[AlH][O]c1cccc2cccnc12.[AlH][O]c1cccc2cccnc12.[AlH][O]c1cccc2cccnc12. The Hall–Kier alpha value is -7.48. The molecule has 74 heavy (non-hydrogen) atoms. The van der Waals surface area contributed by atoms with E-state index in [1.165, 1.54) is 61.0 Å². The number of benzene rings is 7. The van der Waals surface area contributed by atoms with Gasteiger partial charge in [0.2, 0.25) is 0 Å². The van der Waals surface area contributed by atoms with Crippen LogP contribution in [-0.2, 0) is 0 Å². The molecule has 0 aliphatic heterocycles. The molecule has 12 rings (SSSR count). The summed E-state index contributed by atoms with van der Waals surface area (Å²) >= 11 is 3.73. The third-order valence-electron chi connectivity index (χ3n) is 11.2. The Labute approximate surface area is 461 Å². The highest BCUT2D eigenvalue weighted by Gasteiger charge is 2.10. The highest BCUT2D eigenvalue weighted by Crippen LogP contribution is 2.27. The smallest absolute Gasteiger partial charge is 0.649 e. The van der Waals surface area contributed by atoms with E-state index >= 15 is 0 Å². The Balaban J connectivity index is 0.000000130. The Morgan fingerprint density at radius 2 is 0.743 bits per heavy atom. The lowest BCUT2D eigenvalue weighted by molar-refractivity contribution is 0.461. The second kappa shape index (κ2) is 27.0. The molecule has 0 spiro atoms. The van der Waals surface area contributed by atoms with Crippen LogP contribution in [0.1, 0.15) is 11.4 Å². The van der Waals surface area contributed by atoms with E-state index in [-0.39, 0.29) is 5.75 Å². The number of phenols is 1. The molecule has 5 aromatic heterocycles. The number of hydrogen-bond donors (Lipinski definition) is 1. The molecule has 12 aromatic rings. The van der Waals surface area contributed by atoms with E-state index in [2.05, 4.69) is 55.3 Å². The van der Waals surface area contributed by atoms with Gasteiger partial charge in [0.15, 0.2) is 0 Å². The van der Waals surface area contributed by atoms with E-state index in [1.807, 2.05) is 184 Å². The van der Waals surface area contributed by atoms with Crippen LogP contribution >= 0.6 is 0 Å². The number of aromatic nitrogens is 5. The summed E-state index contributed by atoms with van der Waals surface area (Å²) in [6, 6.07) is 67.2. The maximum absolute atomic E-state index is 9.43. The van der Waals surface area contributed by atoms with Gasteiger partial charge in [0.25, 0.3) is 0 Å². The number of aromatic hydroxyl groups is 1. The van der Waals surface area contributed by atoms with Crippen LogP contribution in [0, 0.1) is 13.8 Å². The molecule has 4 radical (unpaired) electrons. The van der Waals surface area contributed by atoms with Gasteiger partial charge in [-0.3, -0.25) is 15.0 Å². The Morgan fingerprint density at radius 1 is 0.351 bits per heavy atom. The summed E-state index contributed by atoms with van der Waals surface area (Å²) < 4.78 is 27.3. The van der Waals surface area contributed by atoms with Gasteiger partial charge in [-0.2, -0.15) is 0 Å². The first-order chi connectivity index (χ1) is 36.3. The van der Waals surface area contributed by atoms with Gasteiger partial charge in [0, 0.05) is 56.9 Å². The van der Waals surface area contributed by atoms with Crippen LogP contribution < -0.4 is 18.9 Å². The van der Waals surface area contributed by atoms with Gasteiger partial charge in [-0.1, -0.05) is 133 Å². The summed E-state index contributed by atoms with van der Waals surface area (Å²) in [5.41, 5.74) is 8.59. The molecule has 7 aromatic carbocycles. The van der Waals surface area contributed by atoms with Crippen LogP contribution in [0.2, 0.25) is 0 Å². The minimum atomic E-state index is -0.665. The summed E-state index contributed by atoms with van der Waals surface area (Å²) in [6.45, 7) is 3.89. The number of nitrogens with zero attached hydrogens (tertiary/aromatic N) is 5. The molecule has 0 aliphatic rings.